The van der Waals surface area contributed by atoms with Crippen molar-refractivity contribution in [2.24, 2.45) is 17.8 Å². The van der Waals surface area contributed by atoms with Crippen molar-refractivity contribution in [1.82, 2.24) is 4.90 Å². The lowest BCUT2D eigenvalue weighted by atomic mass is 9.56. The molecule has 7 nitrogen and oxygen atoms in total. The third kappa shape index (κ3) is 4.15. The van der Waals surface area contributed by atoms with Gasteiger partial charge < -0.3 is 5.11 Å². The van der Waals surface area contributed by atoms with Crippen molar-refractivity contribution in [3.05, 3.63) is 91.9 Å². The van der Waals surface area contributed by atoms with Crippen molar-refractivity contribution in [3.8, 4) is 5.75 Å². The largest absolute Gasteiger partial charge is 0.508 e. The minimum absolute atomic E-state index is 0.0222. The summed E-state index contributed by atoms with van der Waals surface area (Å²) in [7, 11) is 0. The molecule has 16 heteroatoms. The number of likely N-dealkylation sites (tertiary alicyclic amines) is 1. The van der Waals surface area contributed by atoms with Crippen LogP contribution in [0.3, 0.4) is 0 Å². The number of phenolic OH excluding ortho intramolecular Hbond substituents is 1. The van der Waals surface area contributed by atoms with Gasteiger partial charge in [-0.2, -0.15) is 0 Å². The molecule has 4 aliphatic rings. The molecular weight excluding hydrogens is 714 g/mol. The highest BCUT2D eigenvalue weighted by Crippen LogP contribution is 2.66. The second-order valence-corrected chi connectivity index (χ2v) is 14.4. The van der Waals surface area contributed by atoms with Crippen LogP contribution in [0.1, 0.15) is 29.2 Å². The lowest BCUT2D eigenvalue weighted by Crippen LogP contribution is -2.60. The molecule has 1 aromatic heterocycles. The molecule has 244 valence electrons. The van der Waals surface area contributed by atoms with E-state index in [4.69, 9.17) is 34.8 Å². The number of benzene rings is 2. The van der Waals surface area contributed by atoms with E-state index in [9.17, 15) is 37.5 Å². The monoisotopic (exact) mass is 730 g/mol. The number of rotatable bonds is 4. The van der Waals surface area contributed by atoms with Crippen LogP contribution < -0.4 is 4.90 Å². The van der Waals surface area contributed by atoms with Crippen LogP contribution >= 0.6 is 46.1 Å². The fourth-order valence-corrected chi connectivity index (χ4v) is 9.25. The predicted octanol–water partition coefficient (Wildman–Crippen LogP) is 6.57. The number of carbonyl (C=O) groups is 4. The first kappa shape index (κ1) is 32.0. The van der Waals surface area contributed by atoms with Crippen LogP contribution in [0, 0.1) is 46.8 Å². The van der Waals surface area contributed by atoms with Gasteiger partial charge in [0.1, 0.15) is 11.4 Å². The first-order valence-corrected chi connectivity index (χ1v) is 16.0. The number of amides is 4. The van der Waals surface area contributed by atoms with E-state index in [1.165, 1.54) is 29.5 Å². The Morgan fingerprint density at radius 1 is 0.894 bits per heavy atom. The van der Waals surface area contributed by atoms with Gasteiger partial charge in [0.15, 0.2) is 33.0 Å². The van der Waals surface area contributed by atoms with E-state index >= 15 is 8.78 Å². The van der Waals surface area contributed by atoms with E-state index < -0.39 is 104 Å². The van der Waals surface area contributed by atoms with Crippen molar-refractivity contribution in [3.63, 3.8) is 0 Å². The van der Waals surface area contributed by atoms with Crippen molar-refractivity contribution in [2.75, 3.05) is 4.90 Å². The number of fused-ring (bicyclic) bond motifs is 4. The zero-order chi connectivity index (χ0) is 33.9. The number of imide groups is 2. The number of thiophene rings is 1. The second kappa shape index (κ2) is 10.7. The van der Waals surface area contributed by atoms with Crippen molar-refractivity contribution >= 4 is 75.5 Å². The van der Waals surface area contributed by atoms with E-state index in [0.29, 0.717) is 4.88 Å². The quantitative estimate of drug-likeness (QED) is 0.0819. The Morgan fingerprint density at radius 3 is 2.19 bits per heavy atom. The summed E-state index contributed by atoms with van der Waals surface area (Å²) in [6.07, 6.45) is 0.868. The summed E-state index contributed by atoms with van der Waals surface area (Å²) in [5, 5.41) is 12.8. The zero-order valence-electron chi connectivity index (χ0n) is 23.4. The summed E-state index contributed by atoms with van der Waals surface area (Å²) >= 11 is 21.7. The minimum atomic E-state index is -2.76. The summed E-state index contributed by atoms with van der Waals surface area (Å²) in [6.45, 7) is -0.0280. The van der Waals surface area contributed by atoms with Gasteiger partial charge in [-0.3, -0.25) is 24.1 Å². The molecule has 3 fully saturated rings. The van der Waals surface area contributed by atoms with Gasteiger partial charge in [0.25, 0.3) is 11.8 Å². The molecule has 3 aromatic rings. The SMILES string of the molecule is O=C1[C@H]2[C@H](CC=C3[C@H]2C[C@@]2(Cl)C(=O)N(c4c(F)c(F)c(F)c(F)c4F)C(=O)[C@@]2(Cl)[C@H]3c2cc(Cl)ccc2O)C(=O)N1Cc1cccs1. The zero-order valence-corrected chi connectivity index (χ0v) is 26.5. The minimum Gasteiger partial charge on any atom is -0.508 e. The molecule has 1 N–H and O–H groups in total. The Kier molecular flexibility index (Phi) is 7.33. The molecule has 0 radical (unpaired) electrons. The molecule has 3 heterocycles. The summed E-state index contributed by atoms with van der Waals surface area (Å²) in [5.74, 6) is -22.0. The number of hydrogen-bond donors (Lipinski definition) is 1. The number of carbonyl (C=O) groups excluding carboxylic acids is 4. The molecule has 2 aliphatic carbocycles. The summed E-state index contributed by atoms with van der Waals surface area (Å²) in [6, 6.07) is 7.14. The van der Waals surface area contributed by atoms with E-state index in [1.807, 2.05) is 0 Å². The average molecular weight is 732 g/mol. The van der Waals surface area contributed by atoms with Crippen molar-refractivity contribution < 1.29 is 46.2 Å². The molecule has 7 rings (SSSR count). The lowest BCUT2D eigenvalue weighted by Gasteiger charge is -2.50. The van der Waals surface area contributed by atoms with Crippen LogP contribution in [0.25, 0.3) is 0 Å². The van der Waals surface area contributed by atoms with Crippen LogP contribution in [0.2, 0.25) is 5.02 Å². The normalized spacial score (nSPS) is 30.1. The maximum absolute atomic E-state index is 15.1. The van der Waals surface area contributed by atoms with Gasteiger partial charge in [0.2, 0.25) is 17.6 Å². The number of aromatic hydroxyl groups is 1. The van der Waals surface area contributed by atoms with Crippen LogP contribution in [0.5, 0.6) is 5.75 Å². The van der Waals surface area contributed by atoms with Crippen LogP contribution in [0.15, 0.2) is 47.4 Å². The molecule has 0 unspecified atom stereocenters. The molecule has 0 bridgehead atoms. The Hall–Kier alpha value is -3.52. The van der Waals surface area contributed by atoms with Crippen LogP contribution in [-0.2, 0) is 25.7 Å². The summed E-state index contributed by atoms with van der Waals surface area (Å²) in [5.41, 5.74) is -1.85. The van der Waals surface area contributed by atoms with E-state index in [2.05, 4.69) is 0 Å². The molecule has 2 aromatic carbocycles. The van der Waals surface area contributed by atoms with Crippen molar-refractivity contribution in [1.29, 1.82) is 0 Å². The number of alkyl halides is 2. The van der Waals surface area contributed by atoms with Gasteiger partial charge in [-0.15, -0.1) is 34.5 Å². The molecule has 47 heavy (non-hydrogen) atoms. The maximum Gasteiger partial charge on any atom is 0.258 e. The van der Waals surface area contributed by atoms with Crippen LogP contribution in [-0.4, -0.2) is 43.4 Å². The first-order valence-electron chi connectivity index (χ1n) is 14.0. The summed E-state index contributed by atoms with van der Waals surface area (Å²) in [4.78, 5) is 52.0. The number of nitrogens with zero attached hydrogens (tertiary/aromatic N) is 2. The summed E-state index contributed by atoms with van der Waals surface area (Å²) < 4.78 is 72.9. The highest BCUT2D eigenvalue weighted by atomic mass is 35.5. The topological polar surface area (TPSA) is 95.0 Å². The average Bonchev–Trinajstić information content (AvgIpc) is 3.68. The fraction of sp³-hybridized carbons (Fsp3) is 0.290. The van der Waals surface area contributed by atoms with Gasteiger partial charge in [0, 0.05) is 21.4 Å². The van der Waals surface area contributed by atoms with Gasteiger partial charge >= 0.3 is 0 Å². The number of anilines is 1. The number of phenols is 1. The van der Waals surface area contributed by atoms with E-state index in [1.54, 1.807) is 17.5 Å². The third-order valence-corrected chi connectivity index (χ3v) is 12.0. The Balaban J connectivity index is 1.43. The second-order valence-electron chi connectivity index (χ2n) is 11.7. The highest BCUT2D eigenvalue weighted by Gasteiger charge is 2.77. The smallest absolute Gasteiger partial charge is 0.258 e. The van der Waals surface area contributed by atoms with Gasteiger partial charge in [-0.1, -0.05) is 29.3 Å². The molecule has 0 spiro atoms. The molecule has 4 amide bonds. The number of allylic oxidation sites excluding steroid dienone is 2. The van der Waals surface area contributed by atoms with Gasteiger partial charge in [0.05, 0.1) is 18.4 Å². The van der Waals surface area contributed by atoms with Gasteiger partial charge in [-0.25, -0.2) is 26.9 Å². The standard InChI is InChI=1S/C31H18Cl3F5N2O5S/c32-11-3-6-17(42)15(8-11)19-13-4-5-14-18(27(44)40(26(14)43)10-12-2-1-7-47-12)16(13)9-30(33)28(45)41(29(46)31(19,30)34)25-23(38)21(36)20(35)22(37)24(25)39/h1-4,6-8,14,16,18-19,42H,5,9-10H2/t14-,16+,18-,19+,30+,31-/m0/s1. The molecule has 6 atom stereocenters. The maximum atomic E-state index is 15.1. The Labute approximate surface area is 281 Å². The molecule has 1 saturated carbocycles. The van der Waals surface area contributed by atoms with Crippen LogP contribution in [0.4, 0.5) is 27.6 Å². The first-order chi connectivity index (χ1) is 22.1. The number of hydrogen-bond acceptors (Lipinski definition) is 6. The van der Waals surface area contributed by atoms with Crippen molar-refractivity contribution in [2.45, 2.75) is 35.1 Å². The number of halogens is 8. The molecule has 2 aliphatic heterocycles. The highest BCUT2D eigenvalue weighted by molar-refractivity contribution is 7.09. The van der Waals surface area contributed by atoms with E-state index in [-0.39, 0.29) is 34.0 Å². The third-order valence-electron chi connectivity index (χ3n) is 9.51. The van der Waals surface area contributed by atoms with E-state index in [0.717, 1.165) is 11.0 Å². The molecule has 2 saturated heterocycles. The fourth-order valence-electron chi connectivity index (χ4n) is 7.45. The Bertz CT molecular complexity index is 1950. The predicted molar refractivity (Wildman–Crippen MR) is 159 cm³/mol. The Morgan fingerprint density at radius 2 is 1.55 bits per heavy atom. The van der Waals surface area contributed by atoms with Gasteiger partial charge in [-0.05, 0) is 48.4 Å². The molecular formula is C31H18Cl3F5N2O5S. The lowest BCUT2D eigenvalue weighted by molar-refractivity contribution is -0.141.